The molecule has 0 amide bonds. The maximum absolute atomic E-state index is 11.0. The number of hydrogen-bond donors (Lipinski definition) is 12. The van der Waals surface area contributed by atoms with Crippen LogP contribution in [0.4, 0.5) is 0 Å². The molecule has 3 saturated heterocycles. The molecule has 34 heavy (non-hydrogen) atoms. The van der Waals surface area contributed by atoms with Gasteiger partial charge >= 0.3 is 0 Å². The van der Waals surface area contributed by atoms with E-state index in [-0.39, 0.29) is 0 Å². The Balaban J connectivity index is 1.84. The largest absolute Gasteiger partial charge is 0.394 e. The lowest BCUT2D eigenvalue weighted by atomic mass is 9.83. The molecule has 0 spiro atoms. The Kier molecular flexibility index (Phi) is 8.37. The van der Waals surface area contributed by atoms with Crippen LogP contribution in [0.1, 0.15) is 1.37 Å². The predicted octanol–water partition coefficient (Wildman–Crippen LogP) is -8.18. The fourth-order valence-corrected chi connectivity index (χ4v) is 4.24. The van der Waals surface area contributed by atoms with E-state index >= 15 is 0 Å². The Labute approximate surface area is 193 Å². The third-order valence-corrected chi connectivity index (χ3v) is 6.26. The lowest BCUT2D eigenvalue weighted by molar-refractivity contribution is -0.420. The van der Waals surface area contributed by atoms with Gasteiger partial charge in [0.1, 0.15) is 79.3 Å². The minimum atomic E-state index is -3.04. The van der Waals surface area contributed by atoms with E-state index in [0.717, 1.165) is 0 Å². The van der Waals surface area contributed by atoms with Crippen molar-refractivity contribution >= 4 is 0 Å². The van der Waals surface area contributed by atoms with E-state index < -0.39 is 111 Å². The van der Waals surface area contributed by atoms with Gasteiger partial charge in [0.2, 0.25) is 5.79 Å². The fraction of sp³-hybridized carbons (Fsp3) is 1.00. The fourth-order valence-electron chi connectivity index (χ4n) is 4.24. The molecule has 0 radical (unpaired) electrons. The van der Waals surface area contributed by atoms with Gasteiger partial charge in [0.15, 0.2) is 6.29 Å². The standard InChI is InChI=1S/C18H32O16/c19-1-4-7(22)9(24)11(26)16(31-4)18(30)15(29)13(28)14(6(3-21)34-18)33-17-12(27)10(25)8(23)5(2-20)32-17/h4-17,19-30H,1-3H2/t4-,5-,6-,7+,8+,9+,10+,11-,12-,13+,14-,15-,16?,17+,18?/m1/s1/i8D. The highest BCUT2D eigenvalue weighted by Gasteiger charge is 2.63. The Morgan fingerprint density at radius 2 is 1.26 bits per heavy atom. The van der Waals surface area contributed by atoms with Gasteiger partial charge in [0, 0.05) is 0 Å². The summed E-state index contributed by atoms with van der Waals surface area (Å²) in [5, 5.41) is 121. The Morgan fingerprint density at radius 3 is 1.82 bits per heavy atom. The van der Waals surface area contributed by atoms with Crippen molar-refractivity contribution in [1.82, 2.24) is 0 Å². The van der Waals surface area contributed by atoms with Crippen LogP contribution in [0.5, 0.6) is 0 Å². The number of rotatable bonds is 6. The van der Waals surface area contributed by atoms with Crippen LogP contribution in [0.15, 0.2) is 0 Å². The Hall–Kier alpha value is -0.640. The van der Waals surface area contributed by atoms with Crippen LogP contribution in [0.2, 0.25) is 0 Å². The molecule has 3 aliphatic heterocycles. The predicted molar refractivity (Wildman–Crippen MR) is 101 cm³/mol. The summed E-state index contributed by atoms with van der Waals surface area (Å²) in [4.78, 5) is 0. The Morgan fingerprint density at radius 1 is 0.676 bits per heavy atom. The Bertz CT molecular complexity index is 708. The molecular formula is C18H32O16. The average molecular weight is 505 g/mol. The number of aliphatic hydroxyl groups is 12. The van der Waals surface area contributed by atoms with E-state index in [2.05, 4.69) is 0 Å². The summed E-state index contributed by atoms with van der Waals surface area (Å²) in [5.41, 5.74) is 0. The van der Waals surface area contributed by atoms with Gasteiger partial charge < -0.3 is 80.2 Å². The monoisotopic (exact) mass is 505 g/mol. The first-order chi connectivity index (χ1) is 16.3. The number of hydrogen-bond acceptors (Lipinski definition) is 16. The van der Waals surface area contributed by atoms with Crippen molar-refractivity contribution in [3.63, 3.8) is 0 Å². The van der Waals surface area contributed by atoms with E-state index in [1.165, 1.54) is 0 Å². The first-order valence-electron chi connectivity index (χ1n) is 10.9. The molecule has 3 fully saturated rings. The zero-order valence-corrected chi connectivity index (χ0v) is 17.6. The van der Waals surface area contributed by atoms with Crippen LogP contribution in [0, 0.1) is 0 Å². The lowest BCUT2D eigenvalue weighted by Gasteiger charge is -2.53. The molecule has 3 heterocycles. The molecule has 0 aromatic rings. The molecule has 16 nitrogen and oxygen atoms in total. The average Bonchev–Trinajstić information content (AvgIpc) is 2.83. The number of aliphatic hydroxyl groups excluding tert-OH is 10. The summed E-state index contributed by atoms with van der Waals surface area (Å²) in [5.74, 6) is -3.04. The van der Waals surface area contributed by atoms with Gasteiger partial charge in [0.25, 0.3) is 0 Å². The van der Waals surface area contributed by atoms with E-state index in [9.17, 15) is 61.3 Å². The molecular weight excluding hydrogens is 472 g/mol. The second-order valence-corrected chi connectivity index (χ2v) is 8.41. The van der Waals surface area contributed by atoms with Crippen molar-refractivity contribution in [1.29, 1.82) is 0 Å². The van der Waals surface area contributed by atoms with Gasteiger partial charge in [-0.25, -0.2) is 0 Å². The highest BCUT2D eigenvalue weighted by Crippen LogP contribution is 2.39. The zero-order valence-electron chi connectivity index (χ0n) is 18.6. The van der Waals surface area contributed by atoms with Crippen LogP contribution in [0.3, 0.4) is 0 Å². The summed E-state index contributed by atoms with van der Waals surface area (Å²) in [7, 11) is 0. The van der Waals surface area contributed by atoms with Gasteiger partial charge in [0.05, 0.1) is 21.2 Å². The van der Waals surface area contributed by atoms with Crippen LogP contribution in [0.25, 0.3) is 0 Å². The topological polar surface area (TPSA) is 280 Å². The minimum Gasteiger partial charge on any atom is -0.394 e. The van der Waals surface area contributed by atoms with Crippen LogP contribution in [-0.2, 0) is 18.9 Å². The van der Waals surface area contributed by atoms with Crippen molar-refractivity contribution < 1.29 is 81.6 Å². The molecule has 0 saturated carbocycles. The van der Waals surface area contributed by atoms with Crippen LogP contribution in [-0.4, -0.2) is 173 Å². The van der Waals surface area contributed by atoms with Gasteiger partial charge in [-0.05, 0) is 0 Å². The quantitative estimate of drug-likeness (QED) is 0.160. The van der Waals surface area contributed by atoms with Crippen molar-refractivity contribution in [2.45, 2.75) is 91.4 Å². The SMILES string of the molecule is [2H][C@@]1(O)[C@H](O)[C@@H](O)[C@H](O[C@H]2[C@H](O)[C@@H](O)C(O)(C3O[C@H](CO)[C@H](O)[C@H](O)[C@H]3O)O[C@@H]2CO)O[C@@H]1CO. The molecule has 200 valence electrons. The highest BCUT2D eigenvalue weighted by atomic mass is 16.7. The van der Waals surface area contributed by atoms with E-state index in [4.69, 9.17) is 20.3 Å². The normalized spacial score (nSPS) is 57.3. The van der Waals surface area contributed by atoms with E-state index in [1.807, 2.05) is 0 Å². The van der Waals surface area contributed by atoms with Crippen LogP contribution < -0.4 is 0 Å². The second kappa shape index (κ2) is 10.8. The van der Waals surface area contributed by atoms with Gasteiger partial charge in [-0.3, -0.25) is 0 Å². The van der Waals surface area contributed by atoms with Crippen molar-refractivity contribution in [3.05, 3.63) is 0 Å². The summed E-state index contributed by atoms with van der Waals surface area (Å²) in [6.07, 6.45) is -28.5. The maximum atomic E-state index is 11.0. The molecule has 0 aromatic carbocycles. The highest BCUT2D eigenvalue weighted by molar-refractivity contribution is 5.06. The number of ether oxygens (including phenoxy) is 4. The maximum Gasteiger partial charge on any atom is 0.225 e. The first-order valence-corrected chi connectivity index (χ1v) is 10.4. The summed E-state index contributed by atoms with van der Waals surface area (Å²) in [6.45, 7) is -2.89. The van der Waals surface area contributed by atoms with Crippen LogP contribution >= 0.6 is 0 Å². The van der Waals surface area contributed by atoms with Crippen molar-refractivity contribution in [2.75, 3.05) is 19.8 Å². The van der Waals surface area contributed by atoms with E-state index in [1.54, 1.807) is 0 Å². The smallest absolute Gasteiger partial charge is 0.225 e. The molecule has 15 atom stereocenters. The van der Waals surface area contributed by atoms with E-state index in [0.29, 0.717) is 0 Å². The zero-order chi connectivity index (χ0) is 26.5. The molecule has 3 aliphatic rings. The first kappa shape index (κ1) is 26.4. The molecule has 0 aromatic heterocycles. The van der Waals surface area contributed by atoms with Crippen molar-refractivity contribution in [2.24, 2.45) is 0 Å². The lowest BCUT2D eigenvalue weighted by Crippen LogP contribution is -2.75. The third-order valence-electron chi connectivity index (χ3n) is 6.26. The van der Waals surface area contributed by atoms with Crippen molar-refractivity contribution in [3.8, 4) is 0 Å². The molecule has 2 unspecified atom stereocenters. The summed E-state index contributed by atoms with van der Waals surface area (Å²) >= 11 is 0. The van der Waals surface area contributed by atoms with Gasteiger partial charge in [-0.15, -0.1) is 0 Å². The summed E-state index contributed by atoms with van der Waals surface area (Å²) in [6, 6.07) is 0. The van der Waals surface area contributed by atoms with Gasteiger partial charge in [-0.1, -0.05) is 0 Å². The molecule has 3 rings (SSSR count). The third kappa shape index (κ3) is 4.71. The van der Waals surface area contributed by atoms with Gasteiger partial charge in [-0.2, -0.15) is 0 Å². The molecule has 12 N–H and O–H groups in total. The minimum absolute atomic E-state index is 0.876. The molecule has 0 aliphatic carbocycles. The molecule has 0 bridgehead atoms. The summed E-state index contributed by atoms with van der Waals surface area (Å²) < 4.78 is 28.6. The molecule has 16 heteroatoms. The second-order valence-electron chi connectivity index (χ2n) is 8.41.